The Hall–Kier alpha value is -0.990. The molecule has 0 aromatic rings. The molecule has 0 aromatic carbocycles. The van der Waals surface area contributed by atoms with E-state index in [9.17, 15) is 4.79 Å². The predicted molar refractivity (Wildman–Crippen MR) is 53.7 cm³/mol. The van der Waals surface area contributed by atoms with Crippen LogP contribution >= 0.6 is 0 Å². The van der Waals surface area contributed by atoms with Crippen molar-refractivity contribution < 1.29 is 14.3 Å². The molecule has 0 aromatic heterocycles. The van der Waals surface area contributed by atoms with E-state index in [0.29, 0.717) is 18.8 Å². The maximum Gasteiger partial charge on any atom is 0.311 e. The first-order valence-corrected chi connectivity index (χ1v) is 4.97. The summed E-state index contributed by atoms with van der Waals surface area (Å²) in [6.07, 6.45) is 1.27. The van der Waals surface area contributed by atoms with E-state index in [2.05, 4.69) is 6.58 Å². The molecule has 0 spiro atoms. The molecule has 1 atom stereocenters. The molecule has 0 saturated carbocycles. The minimum atomic E-state index is -0.399. The van der Waals surface area contributed by atoms with Crippen LogP contribution in [0.1, 0.15) is 33.6 Å². The van der Waals surface area contributed by atoms with Gasteiger partial charge in [-0.1, -0.05) is 13.5 Å². The van der Waals surface area contributed by atoms with Gasteiger partial charge in [0.2, 0.25) is 0 Å². The standard InChI is InChI=1S/C11H18O3/c1-5-11(3,4)10(12)14-9-6-8(2)13-7-9/h9H,2,5-7H2,1,3-4H3. The van der Waals surface area contributed by atoms with Gasteiger partial charge in [-0.05, 0) is 20.3 Å². The van der Waals surface area contributed by atoms with Gasteiger partial charge >= 0.3 is 5.97 Å². The summed E-state index contributed by atoms with van der Waals surface area (Å²) in [4.78, 5) is 11.7. The second-order valence-corrected chi connectivity index (χ2v) is 4.32. The Kier molecular flexibility index (Phi) is 3.19. The highest BCUT2D eigenvalue weighted by Gasteiger charge is 2.31. The Bertz CT molecular complexity index is 243. The molecule has 0 radical (unpaired) electrons. The molecule has 1 heterocycles. The number of hydrogen-bond donors (Lipinski definition) is 0. The topological polar surface area (TPSA) is 35.5 Å². The van der Waals surface area contributed by atoms with Gasteiger partial charge in [0, 0.05) is 6.42 Å². The minimum Gasteiger partial charge on any atom is -0.495 e. The van der Waals surface area contributed by atoms with Gasteiger partial charge in [0.25, 0.3) is 0 Å². The van der Waals surface area contributed by atoms with Crippen LogP contribution < -0.4 is 0 Å². The summed E-state index contributed by atoms with van der Waals surface area (Å²) >= 11 is 0. The van der Waals surface area contributed by atoms with Gasteiger partial charge < -0.3 is 9.47 Å². The second-order valence-electron chi connectivity index (χ2n) is 4.32. The molecule has 3 heteroatoms. The lowest BCUT2D eigenvalue weighted by Gasteiger charge is -2.22. The fraction of sp³-hybridized carbons (Fsp3) is 0.727. The second kappa shape index (κ2) is 4.03. The Morgan fingerprint density at radius 1 is 1.71 bits per heavy atom. The lowest BCUT2D eigenvalue weighted by atomic mass is 9.90. The van der Waals surface area contributed by atoms with Crippen molar-refractivity contribution in [2.75, 3.05) is 6.61 Å². The zero-order chi connectivity index (χ0) is 10.8. The van der Waals surface area contributed by atoms with E-state index in [1.165, 1.54) is 0 Å². The number of ether oxygens (including phenoxy) is 2. The average Bonchev–Trinajstić information content (AvgIpc) is 2.51. The first-order chi connectivity index (χ1) is 6.45. The van der Waals surface area contributed by atoms with E-state index in [1.54, 1.807) is 0 Å². The van der Waals surface area contributed by atoms with Crippen LogP contribution in [0.4, 0.5) is 0 Å². The molecule has 80 valence electrons. The van der Waals surface area contributed by atoms with Crippen LogP contribution in [0.5, 0.6) is 0 Å². The molecule has 0 bridgehead atoms. The highest BCUT2D eigenvalue weighted by atomic mass is 16.6. The molecular weight excluding hydrogens is 180 g/mol. The molecule has 1 unspecified atom stereocenters. The van der Waals surface area contributed by atoms with Crippen molar-refractivity contribution in [3.05, 3.63) is 12.3 Å². The molecule has 1 aliphatic heterocycles. The number of hydrogen-bond acceptors (Lipinski definition) is 3. The molecule has 0 N–H and O–H groups in total. The van der Waals surface area contributed by atoms with Gasteiger partial charge in [-0.25, -0.2) is 0 Å². The molecule has 0 aliphatic carbocycles. The van der Waals surface area contributed by atoms with Gasteiger partial charge in [0.05, 0.1) is 11.2 Å². The fourth-order valence-electron chi connectivity index (χ4n) is 1.11. The predicted octanol–water partition coefficient (Wildman–Crippen LogP) is 2.27. The smallest absolute Gasteiger partial charge is 0.311 e. The molecule has 3 nitrogen and oxygen atoms in total. The molecule has 1 fully saturated rings. The lowest BCUT2D eigenvalue weighted by molar-refractivity contribution is -0.159. The van der Waals surface area contributed by atoms with Crippen molar-refractivity contribution in [1.82, 2.24) is 0 Å². The van der Waals surface area contributed by atoms with E-state index in [4.69, 9.17) is 9.47 Å². The third-order valence-corrected chi connectivity index (χ3v) is 2.64. The minimum absolute atomic E-state index is 0.138. The van der Waals surface area contributed by atoms with Crippen molar-refractivity contribution in [3.63, 3.8) is 0 Å². The normalized spacial score (nSPS) is 21.9. The molecule has 0 amide bonds. The van der Waals surface area contributed by atoms with Gasteiger partial charge in [-0.15, -0.1) is 0 Å². The highest BCUT2D eigenvalue weighted by Crippen LogP contribution is 2.25. The van der Waals surface area contributed by atoms with Crippen LogP contribution in [-0.2, 0) is 14.3 Å². The summed E-state index contributed by atoms with van der Waals surface area (Å²) in [6, 6.07) is 0. The van der Waals surface area contributed by atoms with Crippen LogP contribution in [0.25, 0.3) is 0 Å². The summed E-state index contributed by atoms with van der Waals surface area (Å²) in [5.41, 5.74) is -0.399. The first kappa shape index (κ1) is 11.1. The van der Waals surface area contributed by atoms with Gasteiger partial charge in [-0.2, -0.15) is 0 Å². The summed E-state index contributed by atoms with van der Waals surface area (Å²) in [7, 11) is 0. The van der Waals surface area contributed by atoms with E-state index in [1.807, 2.05) is 20.8 Å². The van der Waals surface area contributed by atoms with Crippen LogP contribution in [-0.4, -0.2) is 18.7 Å². The molecular formula is C11H18O3. The lowest BCUT2D eigenvalue weighted by Crippen LogP contribution is -2.30. The number of carbonyl (C=O) groups excluding carboxylic acids is 1. The molecule has 1 saturated heterocycles. The van der Waals surface area contributed by atoms with Crippen LogP contribution in [0.15, 0.2) is 12.3 Å². The SMILES string of the molecule is C=C1CC(OC(=O)C(C)(C)CC)CO1. The van der Waals surface area contributed by atoms with Crippen molar-refractivity contribution in [3.8, 4) is 0 Å². The zero-order valence-electron chi connectivity index (χ0n) is 9.13. The average molecular weight is 198 g/mol. The maximum absolute atomic E-state index is 11.7. The third kappa shape index (κ3) is 2.50. The Labute approximate surface area is 85.1 Å². The first-order valence-electron chi connectivity index (χ1n) is 4.97. The quantitative estimate of drug-likeness (QED) is 0.652. The Morgan fingerprint density at radius 2 is 2.36 bits per heavy atom. The molecule has 1 rings (SSSR count). The Balaban J connectivity index is 2.45. The Morgan fingerprint density at radius 3 is 2.79 bits per heavy atom. The van der Waals surface area contributed by atoms with Crippen molar-refractivity contribution >= 4 is 5.97 Å². The van der Waals surface area contributed by atoms with Crippen LogP contribution in [0.2, 0.25) is 0 Å². The van der Waals surface area contributed by atoms with Gasteiger partial charge in [-0.3, -0.25) is 4.79 Å². The fourth-order valence-corrected chi connectivity index (χ4v) is 1.11. The monoisotopic (exact) mass is 198 g/mol. The van der Waals surface area contributed by atoms with Gasteiger partial charge in [0.15, 0.2) is 0 Å². The largest absolute Gasteiger partial charge is 0.495 e. The van der Waals surface area contributed by atoms with E-state index in [0.717, 1.165) is 6.42 Å². The maximum atomic E-state index is 11.7. The zero-order valence-corrected chi connectivity index (χ0v) is 9.13. The van der Waals surface area contributed by atoms with Crippen LogP contribution in [0, 0.1) is 5.41 Å². The summed E-state index contributed by atoms with van der Waals surface area (Å²) in [6.45, 7) is 9.88. The van der Waals surface area contributed by atoms with Crippen molar-refractivity contribution in [2.24, 2.45) is 5.41 Å². The number of esters is 1. The summed E-state index contributed by atoms with van der Waals surface area (Å²) < 4.78 is 10.5. The van der Waals surface area contributed by atoms with E-state index in [-0.39, 0.29) is 12.1 Å². The number of carbonyl (C=O) groups is 1. The summed E-state index contributed by atoms with van der Waals surface area (Å²) in [5.74, 6) is 0.556. The molecule has 14 heavy (non-hydrogen) atoms. The summed E-state index contributed by atoms with van der Waals surface area (Å²) in [5, 5.41) is 0. The van der Waals surface area contributed by atoms with Gasteiger partial charge in [0.1, 0.15) is 12.7 Å². The van der Waals surface area contributed by atoms with E-state index < -0.39 is 5.41 Å². The van der Waals surface area contributed by atoms with E-state index >= 15 is 0 Å². The third-order valence-electron chi connectivity index (χ3n) is 2.64. The van der Waals surface area contributed by atoms with Crippen LogP contribution in [0.3, 0.4) is 0 Å². The number of rotatable bonds is 3. The van der Waals surface area contributed by atoms with Crippen molar-refractivity contribution in [1.29, 1.82) is 0 Å². The van der Waals surface area contributed by atoms with Crippen molar-refractivity contribution in [2.45, 2.75) is 39.7 Å². The highest BCUT2D eigenvalue weighted by molar-refractivity contribution is 5.76. The molecule has 1 aliphatic rings.